The molecular formula is C25H25BrFN3O4S. The highest BCUT2D eigenvalue weighted by molar-refractivity contribution is 9.10. The van der Waals surface area contributed by atoms with Crippen LogP contribution in [-0.2, 0) is 26.2 Å². The first-order valence-electron chi connectivity index (χ1n) is 10.7. The predicted molar refractivity (Wildman–Crippen MR) is 136 cm³/mol. The molecule has 1 N–H and O–H groups in total. The lowest BCUT2D eigenvalue weighted by atomic mass is 10.1. The van der Waals surface area contributed by atoms with Gasteiger partial charge in [0, 0.05) is 18.1 Å². The first-order chi connectivity index (χ1) is 16.6. The van der Waals surface area contributed by atoms with Crippen LogP contribution in [0.5, 0.6) is 0 Å². The fraction of sp³-hybridized carbons (Fsp3) is 0.200. The Labute approximate surface area is 212 Å². The number of halogens is 2. The first kappa shape index (κ1) is 26.4. The average molecular weight is 562 g/mol. The lowest BCUT2D eigenvalue weighted by molar-refractivity contribution is -0.139. The highest BCUT2D eigenvalue weighted by Gasteiger charge is 2.33. The summed E-state index contributed by atoms with van der Waals surface area (Å²) >= 11 is 3.36. The molecule has 3 aromatic rings. The Morgan fingerprint density at radius 3 is 2.17 bits per heavy atom. The minimum atomic E-state index is -4.30. The summed E-state index contributed by atoms with van der Waals surface area (Å²) in [4.78, 5) is 27.2. The molecule has 0 bridgehead atoms. The summed E-state index contributed by atoms with van der Waals surface area (Å²) in [5, 5.41) is 2.51. The number of likely N-dealkylation sites (N-methyl/N-ethyl adjacent to an activating group) is 1. The lowest BCUT2D eigenvalue weighted by Crippen LogP contribution is -2.50. The minimum Gasteiger partial charge on any atom is -0.357 e. The van der Waals surface area contributed by atoms with Crippen LogP contribution in [0.15, 0.2) is 88.2 Å². The first-order valence-corrected chi connectivity index (χ1v) is 13.0. The van der Waals surface area contributed by atoms with Gasteiger partial charge in [-0.05, 0) is 48.9 Å². The van der Waals surface area contributed by atoms with E-state index in [1.807, 2.05) is 0 Å². The van der Waals surface area contributed by atoms with E-state index < -0.39 is 40.2 Å². The van der Waals surface area contributed by atoms with Gasteiger partial charge in [0.1, 0.15) is 18.4 Å². The molecule has 7 nitrogen and oxygen atoms in total. The molecule has 2 amide bonds. The normalized spacial score (nSPS) is 12.0. The number of hydrogen-bond acceptors (Lipinski definition) is 4. The third-order valence-electron chi connectivity index (χ3n) is 5.41. The van der Waals surface area contributed by atoms with Crippen molar-refractivity contribution in [2.24, 2.45) is 0 Å². The van der Waals surface area contributed by atoms with Gasteiger partial charge in [0.15, 0.2) is 0 Å². The number of carbonyl (C=O) groups is 2. The molecule has 0 aliphatic carbocycles. The fourth-order valence-corrected chi connectivity index (χ4v) is 5.17. The zero-order valence-electron chi connectivity index (χ0n) is 19.2. The molecule has 0 heterocycles. The van der Waals surface area contributed by atoms with Crippen LogP contribution in [0.2, 0.25) is 0 Å². The molecule has 1 atom stereocenters. The number of sulfonamides is 1. The number of anilines is 1. The van der Waals surface area contributed by atoms with Crippen LogP contribution in [0.25, 0.3) is 0 Å². The second-order valence-electron chi connectivity index (χ2n) is 7.71. The van der Waals surface area contributed by atoms with Gasteiger partial charge >= 0.3 is 0 Å². The van der Waals surface area contributed by atoms with E-state index in [4.69, 9.17) is 0 Å². The van der Waals surface area contributed by atoms with Crippen LogP contribution in [0.3, 0.4) is 0 Å². The standard InChI is InChI=1S/C25H25BrFN3O4S/c1-18(25(32)28-2)29(16-19-12-14-20(26)15-13-19)24(31)17-30(23-11-7-6-10-22(23)27)35(33,34)21-8-4-3-5-9-21/h3-15,18H,16-17H2,1-2H3,(H,28,32)/t18-/m1/s1. The molecule has 0 aliphatic heterocycles. The van der Waals surface area contributed by atoms with E-state index in [1.165, 1.54) is 42.3 Å². The van der Waals surface area contributed by atoms with Gasteiger partial charge in [0.05, 0.1) is 10.6 Å². The smallest absolute Gasteiger partial charge is 0.264 e. The zero-order chi connectivity index (χ0) is 25.6. The summed E-state index contributed by atoms with van der Waals surface area (Å²) in [6.07, 6.45) is 0. The van der Waals surface area contributed by atoms with Crippen molar-refractivity contribution in [2.45, 2.75) is 24.4 Å². The second-order valence-corrected chi connectivity index (χ2v) is 10.5. The summed E-state index contributed by atoms with van der Waals surface area (Å²) < 4.78 is 43.4. The number of rotatable bonds is 9. The molecule has 0 aliphatic rings. The summed E-state index contributed by atoms with van der Waals surface area (Å²) in [5.41, 5.74) is 0.474. The second kappa shape index (κ2) is 11.5. The minimum absolute atomic E-state index is 0.0528. The van der Waals surface area contributed by atoms with Gasteiger partial charge in [0.25, 0.3) is 10.0 Å². The van der Waals surface area contributed by atoms with Gasteiger partial charge in [-0.25, -0.2) is 12.8 Å². The van der Waals surface area contributed by atoms with Gasteiger partial charge in [-0.2, -0.15) is 0 Å². The van der Waals surface area contributed by atoms with E-state index in [1.54, 1.807) is 49.4 Å². The van der Waals surface area contributed by atoms with E-state index in [9.17, 15) is 22.4 Å². The summed E-state index contributed by atoms with van der Waals surface area (Å²) in [6, 6.07) is 19.1. The van der Waals surface area contributed by atoms with Crippen LogP contribution < -0.4 is 9.62 Å². The van der Waals surface area contributed by atoms with Gasteiger partial charge < -0.3 is 10.2 Å². The summed E-state index contributed by atoms with van der Waals surface area (Å²) in [7, 11) is -2.85. The van der Waals surface area contributed by atoms with E-state index in [-0.39, 0.29) is 17.1 Å². The SMILES string of the molecule is CNC(=O)[C@@H](C)N(Cc1ccc(Br)cc1)C(=O)CN(c1ccccc1F)S(=O)(=O)c1ccccc1. The Bertz CT molecular complexity index is 1290. The van der Waals surface area contributed by atoms with Crippen molar-refractivity contribution < 1.29 is 22.4 Å². The van der Waals surface area contributed by atoms with Gasteiger partial charge in [-0.3, -0.25) is 13.9 Å². The van der Waals surface area contributed by atoms with E-state index >= 15 is 0 Å². The topological polar surface area (TPSA) is 86.8 Å². The van der Waals surface area contributed by atoms with Crippen molar-refractivity contribution in [3.05, 3.63) is 94.7 Å². The van der Waals surface area contributed by atoms with Crippen molar-refractivity contribution in [1.82, 2.24) is 10.2 Å². The van der Waals surface area contributed by atoms with Crippen LogP contribution in [0.4, 0.5) is 10.1 Å². The van der Waals surface area contributed by atoms with E-state index in [2.05, 4.69) is 21.2 Å². The molecule has 0 unspecified atom stereocenters. The van der Waals surface area contributed by atoms with Gasteiger partial charge in [0.2, 0.25) is 11.8 Å². The molecule has 0 saturated heterocycles. The van der Waals surface area contributed by atoms with Crippen LogP contribution in [-0.4, -0.2) is 44.8 Å². The van der Waals surface area contributed by atoms with E-state index in [0.717, 1.165) is 20.4 Å². The van der Waals surface area contributed by atoms with Crippen LogP contribution >= 0.6 is 15.9 Å². The monoisotopic (exact) mass is 561 g/mol. The maximum atomic E-state index is 14.8. The fourth-order valence-electron chi connectivity index (χ4n) is 3.47. The van der Waals surface area contributed by atoms with Crippen LogP contribution in [0.1, 0.15) is 12.5 Å². The van der Waals surface area contributed by atoms with Gasteiger partial charge in [-0.1, -0.05) is 58.4 Å². The van der Waals surface area contributed by atoms with Gasteiger partial charge in [-0.15, -0.1) is 0 Å². The molecule has 184 valence electrons. The molecule has 0 radical (unpaired) electrons. The molecule has 0 spiro atoms. The van der Waals surface area contributed by atoms with Crippen molar-refractivity contribution in [3.8, 4) is 0 Å². The number of nitrogens with one attached hydrogen (secondary N) is 1. The van der Waals surface area contributed by atoms with E-state index in [0.29, 0.717) is 0 Å². The largest absolute Gasteiger partial charge is 0.357 e. The zero-order valence-corrected chi connectivity index (χ0v) is 21.6. The van der Waals surface area contributed by atoms with Crippen molar-refractivity contribution in [3.63, 3.8) is 0 Å². The highest BCUT2D eigenvalue weighted by Crippen LogP contribution is 2.27. The molecule has 3 rings (SSSR count). The number of para-hydroxylation sites is 1. The number of hydrogen-bond donors (Lipinski definition) is 1. The Kier molecular flexibility index (Phi) is 8.63. The quantitative estimate of drug-likeness (QED) is 0.428. The number of nitrogens with zero attached hydrogens (tertiary/aromatic N) is 2. The maximum absolute atomic E-state index is 14.8. The maximum Gasteiger partial charge on any atom is 0.264 e. The molecule has 10 heteroatoms. The Morgan fingerprint density at radius 1 is 0.971 bits per heavy atom. The average Bonchev–Trinajstić information content (AvgIpc) is 2.86. The van der Waals surface area contributed by atoms with Crippen molar-refractivity contribution in [2.75, 3.05) is 17.9 Å². The number of benzene rings is 3. The lowest BCUT2D eigenvalue weighted by Gasteiger charge is -2.31. The Hall–Kier alpha value is -3.24. The van der Waals surface area contributed by atoms with Crippen molar-refractivity contribution >= 4 is 43.5 Å². The Balaban J connectivity index is 2.03. The molecule has 0 fully saturated rings. The third-order valence-corrected chi connectivity index (χ3v) is 7.71. The summed E-state index contributed by atoms with van der Waals surface area (Å²) in [5.74, 6) is -1.87. The molecule has 0 saturated carbocycles. The Morgan fingerprint density at radius 2 is 1.57 bits per heavy atom. The number of amides is 2. The third kappa shape index (κ3) is 6.26. The molecule has 35 heavy (non-hydrogen) atoms. The molecule has 3 aromatic carbocycles. The number of carbonyl (C=O) groups excluding carboxylic acids is 2. The van der Waals surface area contributed by atoms with Crippen LogP contribution in [0, 0.1) is 5.82 Å². The van der Waals surface area contributed by atoms with Crippen molar-refractivity contribution in [1.29, 1.82) is 0 Å². The highest BCUT2D eigenvalue weighted by atomic mass is 79.9. The molecular weight excluding hydrogens is 537 g/mol. The molecule has 0 aromatic heterocycles. The predicted octanol–water partition coefficient (Wildman–Crippen LogP) is 3.95. The summed E-state index contributed by atoms with van der Waals surface area (Å²) in [6.45, 7) is 0.905.